The van der Waals surface area contributed by atoms with Crippen LogP contribution in [-0.2, 0) is 25.4 Å². The molecule has 0 aliphatic rings. The number of imidazole rings is 1. The van der Waals surface area contributed by atoms with Crippen LogP contribution >= 0.6 is 0 Å². The molecule has 24 heavy (non-hydrogen) atoms. The molecule has 1 aromatic carbocycles. The number of benzene rings is 1. The number of carbonyl (C=O) groups is 1. The van der Waals surface area contributed by atoms with Crippen LogP contribution in [0.5, 0.6) is 5.75 Å². The van der Waals surface area contributed by atoms with Gasteiger partial charge in [-0.15, -0.1) is 0 Å². The van der Waals surface area contributed by atoms with Crippen molar-refractivity contribution < 1.29 is 9.53 Å². The minimum Gasteiger partial charge on any atom is -0.427 e. The van der Waals surface area contributed by atoms with Crippen LogP contribution in [0.3, 0.4) is 0 Å². The van der Waals surface area contributed by atoms with Gasteiger partial charge in [0.15, 0.2) is 11.2 Å². The third kappa shape index (κ3) is 2.62. The molecule has 0 amide bonds. The molecule has 2 aromatic heterocycles. The zero-order valence-corrected chi connectivity index (χ0v) is 13.5. The van der Waals surface area contributed by atoms with Crippen LogP contribution in [0.1, 0.15) is 12.5 Å². The molecule has 2 heterocycles. The highest BCUT2D eigenvalue weighted by Gasteiger charge is 2.14. The van der Waals surface area contributed by atoms with Crippen molar-refractivity contribution in [2.24, 2.45) is 14.1 Å². The Bertz CT molecular complexity index is 1040. The number of rotatable bonds is 3. The van der Waals surface area contributed by atoms with Crippen molar-refractivity contribution in [3.05, 3.63) is 57.0 Å². The molecule has 0 atom stereocenters. The van der Waals surface area contributed by atoms with Crippen LogP contribution in [-0.4, -0.2) is 24.7 Å². The lowest BCUT2D eigenvalue weighted by Gasteiger charge is -2.07. The summed E-state index contributed by atoms with van der Waals surface area (Å²) in [5.41, 5.74) is 0.815. The predicted molar refractivity (Wildman–Crippen MR) is 87.1 cm³/mol. The van der Waals surface area contributed by atoms with Gasteiger partial charge in [-0.2, -0.15) is 0 Å². The standard InChI is InChI=1S/C16H16N4O4/c1-10(21)24-12-6-4-11(5-7-12)8-20-9-17-14-13(20)15(22)19(3)16(23)18(14)2/h4-7,9H,8H2,1-3H3. The van der Waals surface area contributed by atoms with Gasteiger partial charge in [0.2, 0.25) is 0 Å². The third-order valence-electron chi connectivity index (χ3n) is 3.76. The molecule has 0 N–H and O–H groups in total. The summed E-state index contributed by atoms with van der Waals surface area (Å²) in [6.45, 7) is 1.75. The van der Waals surface area contributed by atoms with Gasteiger partial charge >= 0.3 is 11.7 Å². The molecule has 0 saturated heterocycles. The molecule has 0 saturated carbocycles. The van der Waals surface area contributed by atoms with Crippen LogP contribution in [0.2, 0.25) is 0 Å². The lowest BCUT2D eigenvalue weighted by Crippen LogP contribution is -2.37. The van der Waals surface area contributed by atoms with E-state index in [1.165, 1.54) is 24.9 Å². The van der Waals surface area contributed by atoms with Gasteiger partial charge in [-0.1, -0.05) is 12.1 Å². The maximum atomic E-state index is 12.4. The quantitative estimate of drug-likeness (QED) is 0.513. The van der Waals surface area contributed by atoms with Crippen LogP contribution in [0, 0.1) is 0 Å². The normalized spacial score (nSPS) is 11.0. The van der Waals surface area contributed by atoms with E-state index in [0.717, 1.165) is 10.1 Å². The van der Waals surface area contributed by atoms with Gasteiger partial charge < -0.3 is 9.30 Å². The van der Waals surface area contributed by atoms with Crippen molar-refractivity contribution in [2.45, 2.75) is 13.5 Å². The van der Waals surface area contributed by atoms with Crippen molar-refractivity contribution in [1.29, 1.82) is 0 Å². The van der Waals surface area contributed by atoms with E-state index in [-0.39, 0.29) is 11.5 Å². The average Bonchev–Trinajstić information content (AvgIpc) is 2.96. The number of aryl methyl sites for hydroxylation is 1. The smallest absolute Gasteiger partial charge is 0.332 e. The van der Waals surface area contributed by atoms with E-state index in [0.29, 0.717) is 23.5 Å². The predicted octanol–water partition coefficient (Wildman–Crippen LogP) is 0.407. The first-order valence-corrected chi connectivity index (χ1v) is 7.26. The van der Waals surface area contributed by atoms with Crippen LogP contribution < -0.4 is 16.0 Å². The molecule has 8 nitrogen and oxygen atoms in total. The molecule has 3 rings (SSSR count). The van der Waals surface area contributed by atoms with Gasteiger partial charge in [0, 0.05) is 27.6 Å². The molecule has 0 aliphatic carbocycles. The number of ether oxygens (including phenoxy) is 1. The van der Waals surface area contributed by atoms with Crippen LogP contribution in [0.25, 0.3) is 11.2 Å². The lowest BCUT2D eigenvalue weighted by atomic mass is 10.2. The van der Waals surface area contributed by atoms with E-state index in [9.17, 15) is 14.4 Å². The van der Waals surface area contributed by atoms with Crippen molar-refractivity contribution in [3.8, 4) is 5.75 Å². The van der Waals surface area contributed by atoms with Gasteiger partial charge in [-0.05, 0) is 17.7 Å². The molecule has 0 unspecified atom stereocenters. The highest BCUT2D eigenvalue weighted by Crippen LogP contribution is 2.15. The summed E-state index contributed by atoms with van der Waals surface area (Å²) in [5, 5.41) is 0. The van der Waals surface area contributed by atoms with Gasteiger partial charge in [0.05, 0.1) is 6.33 Å². The van der Waals surface area contributed by atoms with E-state index in [4.69, 9.17) is 4.74 Å². The SMILES string of the molecule is CC(=O)Oc1ccc(Cn2cnc3c2c(=O)n(C)c(=O)n3C)cc1. The second-order valence-electron chi connectivity index (χ2n) is 5.49. The van der Waals surface area contributed by atoms with Crippen molar-refractivity contribution in [3.63, 3.8) is 0 Å². The number of esters is 1. The Kier molecular flexibility index (Phi) is 3.80. The van der Waals surface area contributed by atoms with E-state index >= 15 is 0 Å². The summed E-state index contributed by atoms with van der Waals surface area (Å²) in [4.78, 5) is 39.4. The Labute approximate surface area is 136 Å². The summed E-state index contributed by atoms with van der Waals surface area (Å²) in [7, 11) is 3.02. The minimum absolute atomic E-state index is 0.347. The molecular weight excluding hydrogens is 312 g/mol. The number of hydrogen-bond donors (Lipinski definition) is 0. The van der Waals surface area contributed by atoms with E-state index in [1.54, 1.807) is 35.9 Å². The highest BCUT2D eigenvalue weighted by atomic mass is 16.5. The van der Waals surface area contributed by atoms with Gasteiger partial charge in [0.25, 0.3) is 5.56 Å². The number of hydrogen-bond acceptors (Lipinski definition) is 5. The Morgan fingerprint density at radius 1 is 1.12 bits per heavy atom. The second-order valence-corrected chi connectivity index (χ2v) is 5.49. The topological polar surface area (TPSA) is 88.1 Å². The Morgan fingerprint density at radius 2 is 1.79 bits per heavy atom. The Morgan fingerprint density at radius 3 is 2.42 bits per heavy atom. The lowest BCUT2D eigenvalue weighted by molar-refractivity contribution is -0.131. The Hall–Kier alpha value is -3.16. The van der Waals surface area contributed by atoms with Crippen molar-refractivity contribution in [1.82, 2.24) is 18.7 Å². The second kappa shape index (κ2) is 5.80. The fraction of sp³-hybridized carbons (Fsp3) is 0.250. The average molecular weight is 328 g/mol. The van der Waals surface area contributed by atoms with E-state index in [2.05, 4.69) is 4.98 Å². The van der Waals surface area contributed by atoms with E-state index in [1.807, 2.05) is 0 Å². The molecule has 3 aromatic rings. The summed E-state index contributed by atoms with van der Waals surface area (Å²) in [6, 6.07) is 6.97. The zero-order chi connectivity index (χ0) is 17.4. The molecule has 8 heteroatoms. The molecule has 124 valence electrons. The molecule has 0 aliphatic heterocycles. The first kappa shape index (κ1) is 15.7. The zero-order valence-electron chi connectivity index (χ0n) is 13.5. The Balaban J connectivity index is 2.01. The first-order chi connectivity index (χ1) is 11.4. The number of nitrogens with zero attached hydrogens (tertiary/aromatic N) is 4. The van der Waals surface area contributed by atoms with Crippen LogP contribution in [0.15, 0.2) is 40.2 Å². The fourth-order valence-electron chi connectivity index (χ4n) is 2.54. The van der Waals surface area contributed by atoms with E-state index < -0.39 is 5.69 Å². The molecule has 0 bridgehead atoms. The third-order valence-corrected chi connectivity index (χ3v) is 3.76. The maximum Gasteiger partial charge on any atom is 0.332 e. The van der Waals surface area contributed by atoms with Gasteiger partial charge in [-0.3, -0.25) is 18.7 Å². The summed E-state index contributed by atoms with van der Waals surface area (Å²) in [5.74, 6) is 0.0767. The highest BCUT2D eigenvalue weighted by molar-refractivity contribution is 5.70. The largest absolute Gasteiger partial charge is 0.427 e. The maximum absolute atomic E-state index is 12.4. The summed E-state index contributed by atoms with van der Waals surface area (Å²) < 4.78 is 9.09. The molecule has 0 spiro atoms. The van der Waals surface area contributed by atoms with Gasteiger partial charge in [0.1, 0.15) is 5.75 Å². The number of carbonyl (C=O) groups excluding carboxylic acids is 1. The fourth-order valence-corrected chi connectivity index (χ4v) is 2.54. The van der Waals surface area contributed by atoms with Crippen molar-refractivity contribution >= 4 is 17.1 Å². The van der Waals surface area contributed by atoms with Crippen molar-refractivity contribution in [2.75, 3.05) is 0 Å². The summed E-state index contributed by atoms with van der Waals surface area (Å²) in [6.07, 6.45) is 1.53. The number of fused-ring (bicyclic) bond motifs is 1. The molecule has 0 radical (unpaired) electrons. The van der Waals surface area contributed by atoms with Gasteiger partial charge in [-0.25, -0.2) is 9.78 Å². The number of aromatic nitrogens is 4. The molecule has 0 fully saturated rings. The molecular formula is C16H16N4O4. The van der Waals surface area contributed by atoms with Crippen LogP contribution in [0.4, 0.5) is 0 Å². The first-order valence-electron chi connectivity index (χ1n) is 7.26. The monoisotopic (exact) mass is 328 g/mol. The minimum atomic E-state index is -0.413. The summed E-state index contributed by atoms with van der Waals surface area (Å²) >= 11 is 0.